The Morgan fingerprint density at radius 1 is 1.40 bits per heavy atom. The summed E-state index contributed by atoms with van der Waals surface area (Å²) in [5, 5.41) is 0. The number of likely N-dealkylation sites (N-methyl/N-ethyl adjacent to an activating group) is 1. The van der Waals surface area contributed by atoms with E-state index in [1.807, 2.05) is 7.05 Å². The SMILES string of the molecule is CC(=O)OC(=O)c1cccnc1OC1CN(C)C1.[H-].[H-].[Na+].[Na+]. The number of esters is 2. The Balaban J connectivity index is -0.000000902. The van der Waals surface area contributed by atoms with Crippen LogP contribution in [0, 0.1) is 0 Å². The van der Waals surface area contributed by atoms with Gasteiger partial charge in [-0.05, 0) is 19.2 Å². The van der Waals surface area contributed by atoms with E-state index in [0.717, 1.165) is 13.1 Å². The Morgan fingerprint density at radius 3 is 2.60 bits per heavy atom. The number of ether oxygens (including phenoxy) is 2. The van der Waals surface area contributed by atoms with Crippen molar-refractivity contribution in [3.05, 3.63) is 23.9 Å². The number of aromatic nitrogens is 1. The number of carbonyl (C=O) groups is 2. The van der Waals surface area contributed by atoms with Gasteiger partial charge in [0, 0.05) is 26.2 Å². The predicted molar refractivity (Wildman–Crippen MR) is 64.5 cm³/mol. The fraction of sp³-hybridized carbons (Fsp3) is 0.417. The van der Waals surface area contributed by atoms with Crippen molar-refractivity contribution in [2.24, 2.45) is 0 Å². The van der Waals surface area contributed by atoms with Gasteiger partial charge in [0.15, 0.2) is 0 Å². The summed E-state index contributed by atoms with van der Waals surface area (Å²) in [5.74, 6) is -1.18. The summed E-state index contributed by atoms with van der Waals surface area (Å²) in [6.45, 7) is 2.76. The van der Waals surface area contributed by atoms with Crippen LogP contribution in [0.2, 0.25) is 0 Å². The number of carbonyl (C=O) groups excluding carboxylic acids is 2. The zero-order valence-corrected chi connectivity index (χ0v) is 16.3. The third-order valence-corrected chi connectivity index (χ3v) is 2.54. The maximum absolute atomic E-state index is 11.7. The molecule has 0 N–H and O–H groups in total. The molecule has 100 valence electrons. The van der Waals surface area contributed by atoms with E-state index in [1.165, 1.54) is 19.2 Å². The maximum Gasteiger partial charge on any atom is 1.00 e. The van der Waals surface area contributed by atoms with Crippen LogP contribution in [0.3, 0.4) is 0 Å². The van der Waals surface area contributed by atoms with Gasteiger partial charge in [-0.2, -0.15) is 0 Å². The number of likely N-dealkylation sites (tertiary alicyclic amines) is 1. The molecule has 0 aliphatic carbocycles. The van der Waals surface area contributed by atoms with E-state index in [1.54, 1.807) is 6.07 Å². The quantitative estimate of drug-likeness (QED) is 0.315. The number of hydrogen-bond acceptors (Lipinski definition) is 6. The molecule has 8 heteroatoms. The first-order valence-electron chi connectivity index (χ1n) is 5.59. The molecule has 1 aromatic heterocycles. The Bertz CT molecular complexity index is 488. The normalized spacial score (nSPS) is 14.3. The summed E-state index contributed by atoms with van der Waals surface area (Å²) in [7, 11) is 1.98. The van der Waals surface area contributed by atoms with Crippen molar-refractivity contribution >= 4 is 11.9 Å². The molecule has 0 saturated carbocycles. The first-order chi connectivity index (χ1) is 8.56. The van der Waals surface area contributed by atoms with E-state index in [-0.39, 0.29) is 79.5 Å². The molecule has 2 rings (SSSR count). The third kappa shape index (κ3) is 5.44. The van der Waals surface area contributed by atoms with Gasteiger partial charge in [0.25, 0.3) is 0 Å². The zero-order chi connectivity index (χ0) is 13.1. The van der Waals surface area contributed by atoms with Crippen molar-refractivity contribution in [1.29, 1.82) is 0 Å². The number of rotatable bonds is 3. The average molecular weight is 298 g/mol. The molecule has 1 aliphatic rings. The molecule has 0 unspecified atom stereocenters. The molecule has 0 atom stereocenters. The molecule has 0 radical (unpaired) electrons. The van der Waals surface area contributed by atoms with Crippen LogP contribution in [0.15, 0.2) is 18.3 Å². The van der Waals surface area contributed by atoms with Crippen LogP contribution < -0.4 is 63.9 Å². The minimum atomic E-state index is -0.738. The van der Waals surface area contributed by atoms with Gasteiger partial charge in [-0.1, -0.05) is 0 Å². The smallest absolute Gasteiger partial charge is 1.00 e. The fourth-order valence-electron chi connectivity index (χ4n) is 1.70. The molecule has 0 spiro atoms. The summed E-state index contributed by atoms with van der Waals surface area (Å²) in [5.41, 5.74) is 0.169. The third-order valence-electron chi connectivity index (χ3n) is 2.54. The van der Waals surface area contributed by atoms with Crippen LogP contribution in [0.4, 0.5) is 0 Å². The zero-order valence-electron chi connectivity index (χ0n) is 14.3. The van der Waals surface area contributed by atoms with E-state index >= 15 is 0 Å². The van der Waals surface area contributed by atoms with Crippen molar-refractivity contribution in [3.63, 3.8) is 0 Å². The Morgan fingerprint density at radius 2 is 2.05 bits per heavy atom. The van der Waals surface area contributed by atoms with Crippen LogP contribution >= 0.6 is 0 Å². The van der Waals surface area contributed by atoms with E-state index in [4.69, 9.17) is 4.74 Å². The summed E-state index contributed by atoms with van der Waals surface area (Å²) in [6.07, 6.45) is 1.55. The molecular weight excluding hydrogens is 282 g/mol. The molecule has 0 bridgehead atoms. The van der Waals surface area contributed by atoms with Crippen LogP contribution in [-0.4, -0.2) is 48.1 Å². The van der Waals surface area contributed by atoms with E-state index in [0.29, 0.717) is 0 Å². The second kappa shape index (κ2) is 9.15. The molecule has 1 aromatic rings. The van der Waals surface area contributed by atoms with Crippen molar-refractivity contribution in [3.8, 4) is 5.88 Å². The summed E-state index contributed by atoms with van der Waals surface area (Å²) >= 11 is 0. The molecule has 2 heterocycles. The fourth-order valence-corrected chi connectivity index (χ4v) is 1.70. The number of pyridine rings is 1. The van der Waals surface area contributed by atoms with Gasteiger partial charge >= 0.3 is 71.1 Å². The second-order valence-corrected chi connectivity index (χ2v) is 4.20. The van der Waals surface area contributed by atoms with Gasteiger partial charge in [0.05, 0.1) is 0 Å². The van der Waals surface area contributed by atoms with Crippen LogP contribution in [0.25, 0.3) is 0 Å². The summed E-state index contributed by atoms with van der Waals surface area (Å²) < 4.78 is 10.1. The van der Waals surface area contributed by atoms with E-state index in [2.05, 4.69) is 14.6 Å². The van der Waals surface area contributed by atoms with Gasteiger partial charge in [0.1, 0.15) is 11.7 Å². The van der Waals surface area contributed by atoms with Crippen LogP contribution in [0.5, 0.6) is 5.88 Å². The largest absolute Gasteiger partial charge is 1.00 e. The molecule has 1 aliphatic heterocycles. The van der Waals surface area contributed by atoms with Crippen molar-refractivity contribution in [2.75, 3.05) is 20.1 Å². The monoisotopic (exact) mass is 298 g/mol. The van der Waals surface area contributed by atoms with Crippen molar-refractivity contribution < 1.29 is 81.0 Å². The number of nitrogens with zero attached hydrogens (tertiary/aromatic N) is 2. The first-order valence-corrected chi connectivity index (χ1v) is 5.59. The van der Waals surface area contributed by atoms with Gasteiger partial charge < -0.3 is 12.3 Å². The number of hydrogen-bond donors (Lipinski definition) is 0. The Labute approximate surface area is 164 Å². The average Bonchev–Trinajstić information content (AvgIpc) is 2.26. The molecule has 20 heavy (non-hydrogen) atoms. The maximum atomic E-state index is 11.7. The standard InChI is InChI=1S/C12H14N2O4.2Na.2H/c1-8(15)17-12(16)10-4-3-5-13-11(10)18-9-6-14(2)7-9;;;;/h3-5,9H,6-7H2,1-2H3;;;;/q;2*+1;2*-1. The Kier molecular flexibility index (Phi) is 9.17. The second-order valence-electron chi connectivity index (χ2n) is 4.20. The molecule has 1 saturated heterocycles. The van der Waals surface area contributed by atoms with E-state index < -0.39 is 11.9 Å². The van der Waals surface area contributed by atoms with Crippen molar-refractivity contribution in [2.45, 2.75) is 13.0 Å². The topological polar surface area (TPSA) is 68.7 Å². The van der Waals surface area contributed by atoms with Crippen molar-refractivity contribution in [1.82, 2.24) is 9.88 Å². The van der Waals surface area contributed by atoms with Gasteiger partial charge in [-0.3, -0.25) is 9.69 Å². The molecule has 0 aromatic carbocycles. The predicted octanol–water partition coefficient (Wildman–Crippen LogP) is -5.29. The van der Waals surface area contributed by atoms with Gasteiger partial charge in [0.2, 0.25) is 5.88 Å². The van der Waals surface area contributed by atoms with Crippen LogP contribution in [0.1, 0.15) is 20.1 Å². The minimum absolute atomic E-state index is 0. The summed E-state index contributed by atoms with van der Waals surface area (Å²) in [4.78, 5) is 28.5. The summed E-state index contributed by atoms with van der Waals surface area (Å²) in [6, 6.07) is 3.12. The molecule has 0 amide bonds. The van der Waals surface area contributed by atoms with E-state index in [9.17, 15) is 9.59 Å². The molecular formula is C12H16N2Na2O4. The minimum Gasteiger partial charge on any atom is -1.00 e. The molecule has 6 nitrogen and oxygen atoms in total. The van der Waals surface area contributed by atoms with Gasteiger partial charge in [-0.25, -0.2) is 9.78 Å². The molecule has 1 fully saturated rings. The first kappa shape index (κ1) is 20.1. The van der Waals surface area contributed by atoms with Crippen LogP contribution in [-0.2, 0) is 9.53 Å². The Hall–Kier alpha value is 0.0500. The van der Waals surface area contributed by atoms with Gasteiger partial charge in [-0.15, -0.1) is 0 Å².